The first kappa shape index (κ1) is 16.8. The van der Waals surface area contributed by atoms with Crippen LogP contribution in [0, 0.1) is 11.3 Å². The van der Waals surface area contributed by atoms with Gasteiger partial charge in [-0.2, -0.15) is 5.26 Å². The molecule has 2 aromatic carbocycles. The van der Waals surface area contributed by atoms with Crippen LogP contribution in [0.25, 0.3) is 10.9 Å². The molecule has 0 bridgehead atoms. The van der Waals surface area contributed by atoms with Gasteiger partial charge in [0.1, 0.15) is 11.8 Å². The molecule has 3 aromatic rings. The highest BCUT2D eigenvalue weighted by Gasteiger charge is 2.11. The molecular formula is C18H16BN3O3. The van der Waals surface area contributed by atoms with Crippen molar-refractivity contribution >= 4 is 29.2 Å². The lowest BCUT2D eigenvalue weighted by molar-refractivity contribution is 0.415. The molecule has 3 rings (SSSR count). The van der Waals surface area contributed by atoms with Gasteiger partial charge < -0.3 is 20.1 Å². The molecule has 0 fully saturated rings. The molecule has 25 heavy (non-hydrogen) atoms. The minimum absolute atomic E-state index is 0.433. The van der Waals surface area contributed by atoms with Gasteiger partial charge in [-0.05, 0) is 23.2 Å². The van der Waals surface area contributed by atoms with E-state index in [4.69, 9.17) is 14.8 Å². The van der Waals surface area contributed by atoms with Crippen molar-refractivity contribution in [3.63, 3.8) is 0 Å². The van der Waals surface area contributed by atoms with Gasteiger partial charge in [-0.3, -0.25) is 4.98 Å². The van der Waals surface area contributed by atoms with E-state index in [0.29, 0.717) is 29.0 Å². The molecule has 0 aliphatic carbocycles. The van der Waals surface area contributed by atoms with Gasteiger partial charge in [0.2, 0.25) is 0 Å². The van der Waals surface area contributed by atoms with Crippen molar-refractivity contribution in [3.05, 3.63) is 59.8 Å². The Hall–Kier alpha value is -3.08. The van der Waals surface area contributed by atoms with E-state index in [9.17, 15) is 5.26 Å². The van der Waals surface area contributed by atoms with E-state index < -0.39 is 7.12 Å². The van der Waals surface area contributed by atoms with Crippen LogP contribution in [0.3, 0.4) is 0 Å². The normalized spacial score (nSPS) is 10.3. The number of anilines is 1. The average molecular weight is 333 g/mol. The van der Waals surface area contributed by atoms with Gasteiger partial charge in [0.25, 0.3) is 0 Å². The number of nitrogens with one attached hydrogen (secondary N) is 1. The fourth-order valence-electron chi connectivity index (χ4n) is 2.57. The summed E-state index contributed by atoms with van der Waals surface area (Å²) < 4.78 is 5.21. The zero-order chi connectivity index (χ0) is 17.8. The summed E-state index contributed by atoms with van der Waals surface area (Å²) in [4.78, 5) is 4.31. The highest BCUT2D eigenvalue weighted by atomic mass is 16.5. The summed E-state index contributed by atoms with van der Waals surface area (Å²) in [6.07, 6.45) is 1.54. The van der Waals surface area contributed by atoms with Crippen LogP contribution in [0.15, 0.2) is 48.7 Å². The van der Waals surface area contributed by atoms with Crippen LogP contribution in [-0.2, 0) is 6.54 Å². The molecule has 124 valence electrons. The number of methoxy groups -OCH3 is 1. The predicted octanol–water partition coefficient (Wildman–Crippen LogP) is 1.41. The first-order chi connectivity index (χ1) is 12.1. The quantitative estimate of drug-likeness (QED) is 0.611. The van der Waals surface area contributed by atoms with E-state index in [1.165, 1.54) is 6.20 Å². The predicted molar refractivity (Wildman–Crippen MR) is 96.6 cm³/mol. The van der Waals surface area contributed by atoms with Crippen molar-refractivity contribution in [2.45, 2.75) is 6.54 Å². The van der Waals surface area contributed by atoms with E-state index >= 15 is 0 Å². The maximum Gasteiger partial charge on any atom is 0.488 e. The standard InChI is InChI=1S/C18H16BN3O3/c1-25-15-6-7-16-17(8-15)21-11-13(9-20)18(16)22-10-12-2-4-14(5-3-12)19(23)24/h2-8,11,23-24H,10H2,1H3,(H,21,22). The summed E-state index contributed by atoms with van der Waals surface area (Å²) in [7, 11) is 0.114. The Morgan fingerprint density at radius 2 is 1.96 bits per heavy atom. The molecule has 1 heterocycles. The van der Waals surface area contributed by atoms with Gasteiger partial charge in [-0.15, -0.1) is 0 Å². The lowest BCUT2D eigenvalue weighted by Gasteiger charge is -2.12. The molecular weight excluding hydrogens is 317 g/mol. The summed E-state index contributed by atoms with van der Waals surface area (Å²) in [6.45, 7) is 0.488. The summed E-state index contributed by atoms with van der Waals surface area (Å²) >= 11 is 0. The number of fused-ring (bicyclic) bond motifs is 1. The van der Waals surface area contributed by atoms with Crippen LogP contribution in [0.1, 0.15) is 11.1 Å². The number of hydrogen-bond donors (Lipinski definition) is 3. The maximum atomic E-state index is 9.36. The summed E-state index contributed by atoms with van der Waals surface area (Å²) in [5.41, 5.74) is 3.29. The number of nitrogens with zero attached hydrogens (tertiary/aromatic N) is 2. The van der Waals surface area contributed by atoms with E-state index in [0.717, 1.165) is 16.5 Å². The Labute approximate surface area is 145 Å². The summed E-state index contributed by atoms with van der Waals surface area (Å²) in [5, 5.41) is 31.8. The second-order valence-electron chi connectivity index (χ2n) is 5.51. The van der Waals surface area contributed by atoms with Crippen LogP contribution >= 0.6 is 0 Å². The topological polar surface area (TPSA) is 98.4 Å². The Morgan fingerprint density at radius 3 is 2.60 bits per heavy atom. The van der Waals surface area contributed by atoms with Crippen molar-refractivity contribution in [1.82, 2.24) is 4.98 Å². The fraction of sp³-hybridized carbons (Fsp3) is 0.111. The number of rotatable bonds is 5. The number of benzene rings is 2. The first-order valence-corrected chi connectivity index (χ1v) is 7.68. The van der Waals surface area contributed by atoms with Crippen molar-refractivity contribution < 1.29 is 14.8 Å². The lowest BCUT2D eigenvalue weighted by Crippen LogP contribution is -2.29. The Morgan fingerprint density at radius 1 is 1.20 bits per heavy atom. The highest BCUT2D eigenvalue weighted by molar-refractivity contribution is 6.58. The number of aromatic nitrogens is 1. The molecule has 6 nitrogen and oxygen atoms in total. The second-order valence-corrected chi connectivity index (χ2v) is 5.51. The van der Waals surface area contributed by atoms with Gasteiger partial charge >= 0.3 is 7.12 Å². The minimum Gasteiger partial charge on any atom is -0.497 e. The van der Waals surface area contributed by atoms with Crippen molar-refractivity contribution in [2.75, 3.05) is 12.4 Å². The van der Waals surface area contributed by atoms with E-state index in [1.54, 1.807) is 31.4 Å². The molecule has 0 atom stereocenters. The Kier molecular flexibility index (Phi) is 4.84. The largest absolute Gasteiger partial charge is 0.497 e. The monoisotopic (exact) mass is 333 g/mol. The van der Waals surface area contributed by atoms with Crippen LogP contribution in [0.5, 0.6) is 5.75 Å². The molecule has 0 radical (unpaired) electrons. The van der Waals surface area contributed by atoms with Crippen LogP contribution in [-0.4, -0.2) is 29.3 Å². The third-order valence-corrected chi connectivity index (χ3v) is 3.94. The third kappa shape index (κ3) is 3.55. The molecule has 0 spiro atoms. The van der Waals surface area contributed by atoms with Gasteiger partial charge in [0.15, 0.2) is 0 Å². The molecule has 0 saturated carbocycles. The van der Waals surface area contributed by atoms with Crippen LogP contribution in [0.2, 0.25) is 0 Å². The van der Waals surface area contributed by atoms with Crippen molar-refractivity contribution in [2.24, 2.45) is 0 Å². The minimum atomic E-state index is -1.48. The zero-order valence-corrected chi connectivity index (χ0v) is 13.6. The Balaban J connectivity index is 1.90. The molecule has 0 aliphatic rings. The summed E-state index contributed by atoms with van der Waals surface area (Å²) in [6, 6.07) is 14.6. The molecule has 0 saturated heterocycles. The molecule has 7 heteroatoms. The smallest absolute Gasteiger partial charge is 0.488 e. The van der Waals surface area contributed by atoms with Gasteiger partial charge in [-0.1, -0.05) is 24.3 Å². The van der Waals surface area contributed by atoms with Crippen molar-refractivity contribution in [1.29, 1.82) is 5.26 Å². The zero-order valence-electron chi connectivity index (χ0n) is 13.6. The first-order valence-electron chi connectivity index (χ1n) is 7.68. The van der Waals surface area contributed by atoms with Crippen molar-refractivity contribution in [3.8, 4) is 11.8 Å². The van der Waals surface area contributed by atoms with Gasteiger partial charge in [-0.25, -0.2) is 0 Å². The SMILES string of the molecule is COc1ccc2c(NCc3ccc(B(O)O)cc3)c(C#N)cnc2c1. The molecule has 0 amide bonds. The fourth-order valence-corrected chi connectivity index (χ4v) is 2.57. The molecule has 0 unspecified atom stereocenters. The molecule has 3 N–H and O–H groups in total. The summed E-state index contributed by atoms with van der Waals surface area (Å²) in [5.74, 6) is 0.703. The molecule has 1 aromatic heterocycles. The number of hydrogen-bond acceptors (Lipinski definition) is 6. The number of ether oxygens (including phenoxy) is 1. The lowest BCUT2D eigenvalue weighted by atomic mass is 9.80. The van der Waals surface area contributed by atoms with Crippen LogP contribution in [0.4, 0.5) is 5.69 Å². The van der Waals surface area contributed by atoms with E-state index in [1.807, 2.05) is 18.2 Å². The number of pyridine rings is 1. The van der Waals surface area contributed by atoms with Gasteiger partial charge in [0.05, 0.1) is 23.9 Å². The van der Waals surface area contributed by atoms with E-state index in [2.05, 4.69) is 16.4 Å². The van der Waals surface area contributed by atoms with Gasteiger partial charge in [0, 0.05) is 24.2 Å². The molecule has 0 aliphatic heterocycles. The highest BCUT2D eigenvalue weighted by Crippen LogP contribution is 2.28. The maximum absolute atomic E-state index is 9.36. The Bertz CT molecular complexity index is 937. The number of nitriles is 1. The van der Waals surface area contributed by atoms with Crippen LogP contribution < -0.4 is 15.5 Å². The third-order valence-electron chi connectivity index (χ3n) is 3.94. The average Bonchev–Trinajstić information content (AvgIpc) is 2.65. The second kappa shape index (κ2) is 7.22. The van der Waals surface area contributed by atoms with E-state index in [-0.39, 0.29) is 0 Å².